The average Bonchev–Trinajstić information content (AvgIpc) is 3.04. The van der Waals surface area contributed by atoms with Gasteiger partial charge in [0.05, 0.1) is 23.7 Å². The van der Waals surface area contributed by atoms with Crippen LogP contribution < -0.4 is 10.6 Å². The molecule has 1 aliphatic rings. The van der Waals surface area contributed by atoms with E-state index in [-0.39, 0.29) is 17.9 Å². The molecule has 0 saturated heterocycles. The summed E-state index contributed by atoms with van der Waals surface area (Å²) >= 11 is 0. The summed E-state index contributed by atoms with van der Waals surface area (Å²) < 4.78 is 7.78. The van der Waals surface area contributed by atoms with Gasteiger partial charge < -0.3 is 19.9 Å². The van der Waals surface area contributed by atoms with Gasteiger partial charge in [-0.1, -0.05) is 18.2 Å². The van der Waals surface area contributed by atoms with Gasteiger partial charge in [-0.2, -0.15) is 0 Å². The third-order valence-electron chi connectivity index (χ3n) is 4.52. The van der Waals surface area contributed by atoms with E-state index in [1.165, 1.54) is 6.92 Å². The lowest BCUT2D eigenvalue weighted by molar-refractivity contribution is -0.114. The number of nitrogens with zero attached hydrogens (tertiary/aromatic N) is 2. The van der Waals surface area contributed by atoms with Crippen molar-refractivity contribution in [1.29, 1.82) is 0 Å². The van der Waals surface area contributed by atoms with Crippen molar-refractivity contribution < 1.29 is 14.3 Å². The molecular weight excluding hydrogens is 344 g/mol. The number of hydrogen-bond donors (Lipinski definition) is 2. The Kier molecular flexibility index (Phi) is 4.60. The highest BCUT2D eigenvalue weighted by atomic mass is 16.5. The SMILES string of the molecule is CC(=O)Nc1ccc2c(c1)nc1n2C(CNC(=O)c2ccccc2)COC1. The number of carbonyl (C=O) groups excluding carboxylic acids is 2. The number of fused-ring (bicyclic) bond motifs is 3. The summed E-state index contributed by atoms with van der Waals surface area (Å²) in [5.74, 6) is 0.582. The van der Waals surface area contributed by atoms with Crippen LogP contribution in [-0.4, -0.2) is 34.5 Å². The molecule has 4 rings (SSSR count). The minimum Gasteiger partial charge on any atom is -0.371 e. The largest absolute Gasteiger partial charge is 0.371 e. The van der Waals surface area contributed by atoms with Gasteiger partial charge >= 0.3 is 0 Å². The molecule has 3 aromatic rings. The van der Waals surface area contributed by atoms with Crippen LogP contribution in [0.3, 0.4) is 0 Å². The normalized spacial score (nSPS) is 16.0. The predicted molar refractivity (Wildman–Crippen MR) is 102 cm³/mol. The Bertz CT molecular complexity index is 997. The summed E-state index contributed by atoms with van der Waals surface area (Å²) in [4.78, 5) is 28.2. The number of anilines is 1. The van der Waals surface area contributed by atoms with Crippen LogP contribution in [0.1, 0.15) is 29.1 Å². The van der Waals surface area contributed by atoms with Crippen molar-refractivity contribution in [1.82, 2.24) is 14.9 Å². The molecule has 7 nitrogen and oxygen atoms in total. The van der Waals surface area contributed by atoms with Crippen LogP contribution >= 0.6 is 0 Å². The molecule has 1 atom stereocenters. The molecule has 0 spiro atoms. The lowest BCUT2D eigenvalue weighted by Crippen LogP contribution is -2.35. The number of benzene rings is 2. The van der Waals surface area contributed by atoms with E-state index in [1.807, 2.05) is 36.4 Å². The third kappa shape index (κ3) is 3.54. The number of carbonyl (C=O) groups is 2. The van der Waals surface area contributed by atoms with Crippen molar-refractivity contribution in [2.45, 2.75) is 19.6 Å². The molecular formula is C20H20N4O3. The van der Waals surface area contributed by atoms with Crippen LogP contribution in [0.2, 0.25) is 0 Å². The van der Waals surface area contributed by atoms with E-state index in [4.69, 9.17) is 4.74 Å². The molecule has 1 aliphatic heterocycles. The van der Waals surface area contributed by atoms with Gasteiger partial charge in [-0.25, -0.2) is 4.98 Å². The number of hydrogen-bond acceptors (Lipinski definition) is 4. The summed E-state index contributed by atoms with van der Waals surface area (Å²) in [6, 6.07) is 14.7. The van der Waals surface area contributed by atoms with E-state index in [0.717, 1.165) is 16.9 Å². The lowest BCUT2D eigenvalue weighted by Gasteiger charge is -2.26. The number of ether oxygens (including phenoxy) is 1. The van der Waals surface area contributed by atoms with Crippen molar-refractivity contribution >= 4 is 28.5 Å². The fourth-order valence-electron chi connectivity index (χ4n) is 3.35. The van der Waals surface area contributed by atoms with E-state index in [1.54, 1.807) is 12.1 Å². The quantitative estimate of drug-likeness (QED) is 0.745. The fraction of sp³-hybridized carbons (Fsp3) is 0.250. The number of rotatable bonds is 4. The van der Waals surface area contributed by atoms with Gasteiger partial charge in [0.1, 0.15) is 12.4 Å². The molecule has 0 aliphatic carbocycles. The smallest absolute Gasteiger partial charge is 0.251 e. The average molecular weight is 364 g/mol. The Morgan fingerprint density at radius 2 is 2.04 bits per heavy atom. The van der Waals surface area contributed by atoms with E-state index < -0.39 is 0 Å². The molecule has 0 fully saturated rings. The molecule has 2 amide bonds. The van der Waals surface area contributed by atoms with Gasteiger partial charge in [-0.05, 0) is 30.3 Å². The summed E-state index contributed by atoms with van der Waals surface area (Å²) in [7, 11) is 0. The van der Waals surface area contributed by atoms with E-state index in [2.05, 4.69) is 20.2 Å². The molecule has 138 valence electrons. The monoisotopic (exact) mass is 364 g/mol. The molecule has 2 aromatic carbocycles. The van der Waals surface area contributed by atoms with E-state index in [0.29, 0.717) is 31.0 Å². The molecule has 2 heterocycles. The number of nitrogens with one attached hydrogen (secondary N) is 2. The van der Waals surface area contributed by atoms with Crippen molar-refractivity contribution in [2.75, 3.05) is 18.5 Å². The van der Waals surface area contributed by atoms with Crippen LogP contribution in [0.25, 0.3) is 11.0 Å². The predicted octanol–water partition coefficient (Wildman–Crippen LogP) is 2.50. The lowest BCUT2D eigenvalue weighted by atomic mass is 10.2. The van der Waals surface area contributed by atoms with Gasteiger partial charge in [0.25, 0.3) is 5.91 Å². The molecule has 0 bridgehead atoms. The first-order chi connectivity index (χ1) is 13.1. The number of imidazole rings is 1. The molecule has 1 aromatic heterocycles. The molecule has 0 radical (unpaired) electrons. The maximum Gasteiger partial charge on any atom is 0.251 e. The zero-order chi connectivity index (χ0) is 18.8. The topological polar surface area (TPSA) is 85.3 Å². The Morgan fingerprint density at radius 3 is 2.81 bits per heavy atom. The first kappa shape index (κ1) is 17.2. The molecule has 1 unspecified atom stereocenters. The molecule has 7 heteroatoms. The van der Waals surface area contributed by atoms with Crippen molar-refractivity contribution in [3.8, 4) is 0 Å². The molecule has 27 heavy (non-hydrogen) atoms. The first-order valence-corrected chi connectivity index (χ1v) is 8.81. The Balaban J connectivity index is 1.57. The maximum atomic E-state index is 12.3. The van der Waals surface area contributed by atoms with Gasteiger partial charge in [-0.15, -0.1) is 0 Å². The summed E-state index contributed by atoms with van der Waals surface area (Å²) in [5, 5.41) is 5.75. The molecule has 2 N–H and O–H groups in total. The fourth-order valence-corrected chi connectivity index (χ4v) is 3.35. The van der Waals surface area contributed by atoms with Crippen molar-refractivity contribution in [3.05, 3.63) is 59.9 Å². The highest BCUT2D eigenvalue weighted by Crippen LogP contribution is 2.27. The van der Waals surface area contributed by atoms with Gasteiger partial charge in [0.2, 0.25) is 5.91 Å². The first-order valence-electron chi connectivity index (χ1n) is 8.81. The zero-order valence-corrected chi connectivity index (χ0v) is 14.9. The van der Waals surface area contributed by atoms with Crippen LogP contribution in [0.15, 0.2) is 48.5 Å². The Hall–Kier alpha value is -3.19. The van der Waals surface area contributed by atoms with Crippen molar-refractivity contribution in [3.63, 3.8) is 0 Å². The molecule has 0 saturated carbocycles. The van der Waals surface area contributed by atoms with Crippen LogP contribution in [-0.2, 0) is 16.1 Å². The highest BCUT2D eigenvalue weighted by Gasteiger charge is 2.24. The number of aromatic nitrogens is 2. The summed E-state index contributed by atoms with van der Waals surface area (Å²) in [6.07, 6.45) is 0. The summed E-state index contributed by atoms with van der Waals surface area (Å²) in [6.45, 7) is 2.84. The number of amides is 2. The Morgan fingerprint density at radius 1 is 1.22 bits per heavy atom. The van der Waals surface area contributed by atoms with E-state index in [9.17, 15) is 9.59 Å². The van der Waals surface area contributed by atoms with Crippen LogP contribution in [0.5, 0.6) is 0 Å². The van der Waals surface area contributed by atoms with Gasteiger partial charge in [0.15, 0.2) is 0 Å². The highest BCUT2D eigenvalue weighted by molar-refractivity contribution is 5.94. The second-order valence-electron chi connectivity index (χ2n) is 6.53. The van der Waals surface area contributed by atoms with Gasteiger partial charge in [-0.3, -0.25) is 9.59 Å². The second kappa shape index (κ2) is 7.20. The minimum absolute atomic E-state index is 0.0435. The van der Waals surface area contributed by atoms with Gasteiger partial charge in [0, 0.05) is 24.7 Å². The van der Waals surface area contributed by atoms with Crippen molar-refractivity contribution in [2.24, 2.45) is 0 Å². The standard InChI is InChI=1S/C20H20N4O3/c1-13(25)22-15-7-8-18-17(9-15)23-19-12-27-11-16(24(18)19)10-21-20(26)14-5-3-2-4-6-14/h2-9,16H,10-12H2,1H3,(H,21,26)(H,22,25). The second-order valence-corrected chi connectivity index (χ2v) is 6.53. The third-order valence-corrected chi connectivity index (χ3v) is 4.52. The maximum absolute atomic E-state index is 12.3. The van der Waals surface area contributed by atoms with E-state index >= 15 is 0 Å². The zero-order valence-electron chi connectivity index (χ0n) is 14.9. The summed E-state index contributed by atoms with van der Waals surface area (Å²) in [5.41, 5.74) is 3.09. The minimum atomic E-state index is -0.122. The van der Waals surface area contributed by atoms with Crippen LogP contribution in [0.4, 0.5) is 5.69 Å². The van der Waals surface area contributed by atoms with Crippen LogP contribution in [0, 0.1) is 0 Å². The Labute approximate surface area is 156 Å².